The second-order valence-corrected chi connectivity index (χ2v) is 5.85. The van der Waals surface area contributed by atoms with Gasteiger partial charge < -0.3 is 4.90 Å². The molecule has 0 bridgehead atoms. The second kappa shape index (κ2) is 9.10. The molecule has 0 saturated heterocycles. The van der Waals surface area contributed by atoms with Crippen LogP contribution in [0.4, 0.5) is 0 Å². The van der Waals surface area contributed by atoms with E-state index in [1.165, 1.54) is 11.8 Å². The van der Waals surface area contributed by atoms with Crippen molar-refractivity contribution in [3.05, 3.63) is 39.8 Å². The first-order valence-corrected chi connectivity index (χ1v) is 8.01. The van der Waals surface area contributed by atoms with Gasteiger partial charge in [-0.3, -0.25) is 4.79 Å². The third kappa shape index (κ3) is 5.23. The summed E-state index contributed by atoms with van der Waals surface area (Å²) < 4.78 is 0. The van der Waals surface area contributed by atoms with Crippen LogP contribution in [0.25, 0.3) is 0 Å². The Morgan fingerprint density at radius 1 is 1.30 bits per heavy atom. The fourth-order valence-electron chi connectivity index (χ4n) is 1.74. The summed E-state index contributed by atoms with van der Waals surface area (Å²) in [6, 6.07) is 6.51. The van der Waals surface area contributed by atoms with Crippen LogP contribution in [-0.4, -0.2) is 41.4 Å². The predicted molar refractivity (Wildman–Crippen MR) is 85.6 cm³/mol. The average molecular weight is 315 g/mol. The Morgan fingerprint density at radius 2 is 1.90 bits per heavy atom. The summed E-state index contributed by atoms with van der Waals surface area (Å²) in [7, 11) is 0. The van der Waals surface area contributed by atoms with Gasteiger partial charge in [-0.15, -0.1) is 16.7 Å². The highest BCUT2D eigenvalue weighted by atomic mass is 35.5. The number of carbonyl (C=O) groups excluding carboxylic acids is 1. The van der Waals surface area contributed by atoms with Gasteiger partial charge in [-0.05, 0) is 42.5 Å². The first kappa shape index (κ1) is 17.1. The molecule has 1 rings (SSSR count). The predicted octanol–water partition coefficient (Wildman–Crippen LogP) is 3.69. The largest absolute Gasteiger partial charge is 0.303 e. The van der Waals surface area contributed by atoms with E-state index >= 15 is 0 Å². The number of nitrogens with zero attached hydrogens (tertiary/aromatic N) is 2. The van der Waals surface area contributed by atoms with Crippen LogP contribution in [0.1, 0.15) is 24.2 Å². The summed E-state index contributed by atoms with van der Waals surface area (Å²) in [4.78, 5) is 25.2. The normalized spacial score (nSPS) is 12.4. The lowest BCUT2D eigenvalue weighted by Crippen LogP contribution is -2.26. The highest BCUT2D eigenvalue weighted by Crippen LogP contribution is 2.19. The fourth-order valence-corrected chi connectivity index (χ4v) is 2.81. The van der Waals surface area contributed by atoms with Crippen LogP contribution in [0.2, 0.25) is 5.02 Å². The molecule has 20 heavy (non-hydrogen) atoms. The monoisotopic (exact) mass is 314 g/mol. The van der Waals surface area contributed by atoms with Crippen molar-refractivity contribution in [1.82, 2.24) is 4.90 Å². The van der Waals surface area contributed by atoms with E-state index in [2.05, 4.69) is 23.9 Å². The molecule has 1 aromatic carbocycles. The Kier molecular flexibility index (Phi) is 7.80. The van der Waals surface area contributed by atoms with E-state index in [9.17, 15) is 9.70 Å². The SMILES string of the molecule is CCN(CC)CCSC(N=O)C(=O)c1ccc(Cl)cc1. The summed E-state index contributed by atoms with van der Waals surface area (Å²) in [5.41, 5.74) is 0.467. The van der Waals surface area contributed by atoms with Crippen LogP contribution in [0.15, 0.2) is 29.4 Å². The molecule has 0 aromatic heterocycles. The van der Waals surface area contributed by atoms with Crippen LogP contribution >= 0.6 is 23.4 Å². The van der Waals surface area contributed by atoms with E-state index in [0.29, 0.717) is 16.3 Å². The van der Waals surface area contributed by atoms with Crippen molar-refractivity contribution in [2.45, 2.75) is 19.2 Å². The van der Waals surface area contributed by atoms with Crippen molar-refractivity contribution in [2.75, 3.05) is 25.4 Å². The summed E-state index contributed by atoms with van der Waals surface area (Å²) in [5, 5.41) is 2.63. The van der Waals surface area contributed by atoms with Gasteiger partial charge in [-0.2, -0.15) is 0 Å². The Hall–Kier alpha value is -0.910. The van der Waals surface area contributed by atoms with Gasteiger partial charge >= 0.3 is 0 Å². The number of hydrogen-bond donors (Lipinski definition) is 0. The Labute approximate surface area is 128 Å². The van der Waals surface area contributed by atoms with Crippen molar-refractivity contribution in [1.29, 1.82) is 0 Å². The maximum absolute atomic E-state index is 12.1. The van der Waals surface area contributed by atoms with Gasteiger partial charge in [0, 0.05) is 22.9 Å². The van der Waals surface area contributed by atoms with E-state index in [0.717, 1.165) is 19.6 Å². The molecule has 1 unspecified atom stereocenters. The summed E-state index contributed by atoms with van der Waals surface area (Å²) in [5.74, 6) is 0.443. The number of halogens is 1. The van der Waals surface area contributed by atoms with Crippen molar-refractivity contribution >= 4 is 29.1 Å². The van der Waals surface area contributed by atoms with Gasteiger partial charge in [-0.1, -0.05) is 25.4 Å². The molecule has 110 valence electrons. The number of Topliss-reactive ketones (excluding diaryl/α,β-unsaturated/α-hetero) is 1. The smallest absolute Gasteiger partial charge is 0.201 e. The molecule has 0 heterocycles. The number of thioether (sulfide) groups is 1. The minimum absolute atomic E-state index is 0.263. The van der Waals surface area contributed by atoms with E-state index < -0.39 is 5.37 Å². The van der Waals surface area contributed by atoms with Crippen molar-refractivity contribution in [2.24, 2.45) is 5.18 Å². The lowest BCUT2D eigenvalue weighted by molar-refractivity contribution is 0.0991. The Bertz CT molecular complexity index is 435. The molecule has 0 amide bonds. The molecule has 0 aliphatic heterocycles. The minimum Gasteiger partial charge on any atom is -0.303 e. The fraction of sp³-hybridized carbons (Fsp3) is 0.500. The average Bonchev–Trinajstić information content (AvgIpc) is 2.48. The van der Waals surface area contributed by atoms with Gasteiger partial charge in [0.15, 0.2) is 5.37 Å². The topological polar surface area (TPSA) is 49.7 Å². The highest BCUT2D eigenvalue weighted by Gasteiger charge is 2.21. The van der Waals surface area contributed by atoms with Crippen molar-refractivity contribution < 1.29 is 4.79 Å². The lowest BCUT2D eigenvalue weighted by Gasteiger charge is -2.18. The maximum Gasteiger partial charge on any atom is 0.201 e. The summed E-state index contributed by atoms with van der Waals surface area (Å²) in [6.45, 7) is 6.94. The first-order valence-electron chi connectivity index (χ1n) is 6.58. The number of nitroso groups, excluding NO2 is 1. The Balaban J connectivity index is 2.55. The van der Waals surface area contributed by atoms with Crippen LogP contribution in [0, 0.1) is 4.91 Å². The lowest BCUT2D eigenvalue weighted by atomic mass is 10.1. The van der Waals surface area contributed by atoms with Gasteiger partial charge in [0.2, 0.25) is 5.78 Å². The molecule has 0 fully saturated rings. The molecule has 0 spiro atoms. The van der Waals surface area contributed by atoms with Crippen LogP contribution in [-0.2, 0) is 0 Å². The zero-order valence-corrected chi connectivity index (χ0v) is 13.3. The van der Waals surface area contributed by atoms with E-state index in [-0.39, 0.29) is 5.78 Å². The third-order valence-corrected chi connectivity index (χ3v) is 4.31. The molecule has 6 heteroatoms. The molecular formula is C14H19ClN2O2S. The molecule has 4 nitrogen and oxygen atoms in total. The van der Waals surface area contributed by atoms with Gasteiger partial charge in [0.05, 0.1) is 0 Å². The number of hydrogen-bond acceptors (Lipinski definition) is 5. The first-order chi connectivity index (χ1) is 9.62. The van der Waals surface area contributed by atoms with E-state index in [4.69, 9.17) is 11.6 Å². The Morgan fingerprint density at radius 3 is 2.40 bits per heavy atom. The van der Waals surface area contributed by atoms with Crippen LogP contribution < -0.4 is 0 Å². The molecule has 0 saturated carbocycles. The summed E-state index contributed by atoms with van der Waals surface area (Å²) in [6.07, 6.45) is 0. The highest BCUT2D eigenvalue weighted by molar-refractivity contribution is 8.00. The van der Waals surface area contributed by atoms with Crippen LogP contribution in [0.5, 0.6) is 0 Å². The molecule has 1 aromatic rings. The molecule has 0 radical (unpaired) electrons. The molecule has 0 aliphatic carbocycles. The van der Waals surface area contributed by atoms with Gasteiger partial charge in [-0.25, -0.2) is 0 Å². The van der Waals surface area contributed by atoms with Gasteiger partial charge in [0.1, 0.15) is 0 Å². The van der Waals surface area contributed by atoms with Gasteiger partial charge in [0.25, 0.3) is 0 Å². The molecule has 0 N–H and O–H groups in total. The molecular weight excluding hydrogens is 296 g/mol. The van der Waals surface area contributed by atoms with Crippen molar-refractivity contribution in [3.63, 3.8) is 0 Å². The zero-order valence-electron chi connectivity index (χ0n) is 11.7. The zero-order chi connectivity index (χ0) is 15.0. The number of carbonyl (C=O) groups is 1. The second-order valence-electron chi connectivity index (χ2n) is 4.23. The van der Waals surface area contributed by atoms with E-state index in [1.54, 1.807) is 24.3 Å². The maximum atomic E-state index is 12.1. The number of benzene rings is 1. The number of ketones is 1. The molecule has 1 atom stereocenters. The van der Waals surface area contributed by atoms with E-state index in [1.807, 2.05) is 0 Å². The summed E-state index contributed by atoms with van der Waals surface area (Å²) >= 11 is 7.06. The quantitative estimate of drug-likeness (QED) is 0.515. The van der Waals surface area contributed by atoms with Crippen molar-refractivity contribution in [3.8, 4) is 0 Å². The third-order valence-electron chi connectivity index (χ3n) is 3.03. The van der Waals surface area contributed by atoms with Crippen LogP contribution in [0.3, 0.4) is 0 Å². The number of rotatable bonds is 9. The minimum atomic E-state index is -0.883. The standard InChI is InChI=1S/C14H19ClN2O2S/c1-3-17(4-2)9-10-20-14(16-19)13(18)11-5-7-12(15)8-6-11/h5-8,14H,3-4,9-10H2,1-2H3. The molecule has 0 aliphatic rings.